The van der Waals surface area contributed by atoms with Crippen LogP contribution in [0.5, 0.6) is 0 Å². The molecule has 4 nitrogen and oxygen atoms in total. The summed E-state index contributed by atoms with van der Waals surface area (Å²) in [5, 5.41) is 0. The first-order valence-electron chi connectivity index (χ1n) is 9.27. The first-order valence-corrected chi connectivity index (χ1v) is 9.27. The van der Waals surface area contributed by atoms with Crippen LogP contribution in [0, 0.1) is 11.8 Å². The van der Waals surface area contributed by atoms with E-state index in [4.69, 9.17) is 18.9 Å². The van der Waals surface area contributed by atoms with Gasteiger partial charge in [0, 0.05) is 5.41 Å². The second-order valence-corrected chi connectivity index (χ2v) is 8.02. The summed E-state index contributed by atoms with van der Waals surface area (Å²) in [7, 11) is 0. The molecule has 7 atom stereocenters. The van der Waals surface area contributed by atoms with Crippen LogP contribution in [0.25, 0.3) is 0 Å². The summed E-state index contributed by atoms with van der Waals surface area (Å²) in [6.07, 6.45) is 3.59. The molecule has 0 amide bonds. The summed E-state index contributed by atoms with van der Waals surface area (Å²) in [6.45, 7) is 5.59. The van der Waals surface area contributed by atoms with Gasteiger partial charge in [-0.2, -0.15) is 0 Å². The predicted molar refractivity (Wildman–Crippen MR) is 89.0 cm³/mol. The largest absolute Gasteiger partial charge is 0.375 e. The van der Waals surface area contributed by atoms with Crippen LogP contribution in [0.2, 0.25) is 0 Å². The van der Waals surface area contributed by atoms with Gasteiger partial charge in [-0.15, -0.1) is 0 Å². The number of rotatable bonds is 7. The highest BCUT2D eigenvalue weighted by Crippen LogP contribution is 2.59. The number of hydrogen-bond acceptors (Lipinski definition) is 4. The van der Waals surface area contributed by atoms with E-state index in [1.807, 2.05) is 0 Å². The van der Waals surface area contributed by atoms with Gasteiger partial charge in [0.2, 0.25) is 0 Å². The molecule has 2 saturated carbocycles. The van der Waals surface area contributed by atoms with Crippen LogP contribution in [0.15, 0.2) is 30.3 Å². The van der Waals surface area contributed by atoms with Crippen molar-refractivity contribution in [3.63, 3.8) is 0 Å². The molecule has 0 aromatic heterocycles. The van der Waals surface area contributed by atoms with Crippen LogP contribution in [0.1, 0.15) is 25.3 Å². The quantitative estimate of drug-likeness (QED) is 0.721. The Morgan fingerprint density at radius 3 is 2.33 bits per heavy atom. The van der Waals surface area contributed by atoms with Gasteiger partial charge in [0.1, 0.15) is 12.2 Å². The summed E-state index contributed by atoms with van der Waals surface area (Å²) in [5.74, 6) is 1.11. The standard InChI is InChI=1S/C20H26O4/c1-20(14-5-3-2-4-6-14)17-7-13(19(20)24-12-16-10-22-16)8-18(17)23-11-15-9-21-15/h2-6,13,15-19H,7-12H2,1H3. The highest BCUT2D eigenvalue weighted by atomic mass is 16.6. The summed E-state index contributed by atoms with van der Waals surface area (Å²) < 4.78 is 23.3. The van der Waals surface area contributed by atoms with E-state index in [2.05, 4.69) is 37.3 Å². The molecule has 7 unspecified atom stereocenters. The summed E-state index contributed by atoms with van der Waals surface area (Å²) in [4.78, 5) is 0. The highest BCUT2D eigenvalue weighted by Gasteiger charge is 2.61. The van der Waals surface area contributed by atoms with Gasteiger partial charge in [-0.1, -0.05) is 37.3 Å². The van der Waals surface area contributed by atoms with Gasteiger partial charge in [-0.3, -0.25) is 0 Å². The third-order valence-corrected chi connectivity index (χ3v) is 6.49. The molecule has 2 aliphatic heterocycles. The van der Waals surface area contributed by atoms with Crippen molar-refractivity contribution in [3.8, 4) is 0 Å². The van der Waals surface area contributed by atoms with Gasteiger partial charge in [0.05, 0.1) is 38.6 Å². The zero-order valence-corrected chi connectivity index (χ0v) is 14.2. The Morgan fingerprint density at radius 1 is 1.00 bits per heavy atom. The predicted octanol–water partition coefficient (Wildman–Crippen LogP) is 2.55. The van der Waals surface area contributed by atoms with E-state index in [1.165, 1.54) is 12.0 Å². The second kappa shape index (κ2) is 5.80. The fraction of sp³-hybridized carbons (Fsp3) is 0.700. The molecule has 4 heteroatoms. The van der Waals surface area contributed by atoms with E-state index in [0.29, 0.717) is 30.1 Å². The van der Waals surface area contributed by atoms with E-state index in [1.54, 1.807) is 0 Å². The van der Waals surface area contributed by atoms with E-state index in [-0.39, 0.29) is 11.5 Å². The number of ether oxygens (including phenoxy) is 4. The highest BCUT2D eigenvalue weighted by molar-refractivity contribution is 5.32. The maximum Gasteiger partial charge on any atom is 0.104 e. The van der Waals surface area contributed by atoms with Gasteiger partial charge >= 0.3 is 0 Å². The molecular formula is C20H26O4. The van der Waals surface area contributed by atoms with Crippen molar-refractivity contribution in [1.29, 1.82) is 0 Å². The number of epoxide rings is 2. The molecule has 4 aliphatic rings. The van der Waals surface area contributed by atoms with Gasteiger partial charge in [0.15, 0.2) is 0 Å². The van der Waals surface area contributed by atoms with E-state index in [0.717, 1.165) is 32.8 Å². The lowest BCUT2D eigenvalue weighted by molar-refractivity contribution is -0.0862. The fourth-order valence-electron chi connectivity index (χ4n) is 5.06. The van der Waals surface area contributed by atoms with Crippen LogP contribution in [-0.2, 0) is 24.4 Å². The molecule has 0 spiro atoms. The smallest absolute Gasteiger partial charge is 0.104 e. The SMILES string of the molecule is CC1(c2ccccc2)C2CC(CC2OCC2CO2)C1OCC1CO1. The molecule has 4 fully saturated rings. The van der Waals surface area contributed by atoms with Crippen LogP contribution in [-0.4, -0.2) is 50.8 Å². The Hall–Kier alpha value is -0.940. The Bertz CT molecular complexity index is 583. The van der Waals surface area contributed by atoms with E-state index < -0.39 is 0 Å². The molecule has 2 heterocycles. The Kier molecular flexibility index (Phi) is 3.71. The molecule has 130 valence electrons. The molecule has 2 bridgehead atoms. The van der Waals surface area contributed by atoms with Crippen molar-refractivity contribution in [2.45, 2.75) is 49.6 Å². The maximum absolute atomic E-state index is 6.41. The molecular weight excluding hydrogens is 304 g/mol. The third kappa shape index (κ3) is 2.60. The summed E-state index contributed by atoms with van der Waals surface area (Å²) >= 11 is 0. The summed E-state index contributed by atoms with van der Waals surface area (Å²) in [5.41, 5.74) is 1.41. The fourth-order valence-corrected chi connectivity index (χ4v) is 5.06. The van der Waals surface area contributed by atoms with Crippen molar-refractivity contribution < 1.29 is 18.9 Å². The molecule has 2 saturated heterocycles. The zero-order valence-electron chi connectivity index (χ0n) is 14.2. The third-order valence-electron chi connectivity index (χ3n) is 6.49. The van der Waals surface area contributed by atoms with Gasteiger partial charge in [-0.25, -0.2) is 0 Å². The van der Waals surface area contributed by atoms with Gasteiger partial charge in [0.25, 0.3) is 0 Å². The van der Waals surface area contributed by atoms with Crippen molar-refractivity contribution in [2.75, 3.05) is 26.4 Å². The maximum atomic E-state index is 6.41. The van der Waals surface area contributed by atoms with E-state index >= 15 is 0 Å². The van der Waals surface area contributed by atoms with Crippen LogP contribution in [0.4, 0.5) is 0 Å². The average molecular weight is 330 g/mol. The van der Waals surface area contributed by atoms with Crippen LogP contribution < -0.4 is 0 Å². The zero-order chi connectivity index (χ0) is 16.1. The van der Waals surface area contributed by atoms with Gasteiger partial charge < -0.3 is 18.9 Å². The van der Waals surface area contributed by atoms with Crippen molar-refractivity contribution in [2.24, 2.45) is 11.8 Å². The van der Waals surface area contributed by atoms with Crippen molar-refractivity contribution in [1.82, 2.24) is 0 Å². The number of hydrogen-bond donors (Lipinski definition) is 0. The lowest BCUT2D eigenvalue weighted by Crippen LogP contribution is -2.49. The van der Waals surface area contributed by atoms with Crippen molar-refractivity contribution >= 4 is 0 Å². The Labute approximate surface area is 143 Å². The van der Waals surface area contributed by atoms with Crippen LogP contribution >= 0.6 is 0 Å². The lowest BCUT2D eigenvalue weighted by atomic mass is 9.67. The monoisotopic (exact) mass is 330 g/mol. The molecule has 5 rings (SSSR count). The molecule has 24 heavy (non-hydrogen) atoms. The number of benzene rings is 1. The lowest BCUT2D eigenvalue weighted by Gasteiger charge is -2.44. The minimum atomic E-state index is 0.0220. The van der Waals surface area contributed by atoms with Gasteiger partial charge in [-0.05, 0) is 30.2 Å². The summed E-state index contributed by atoms with van der Waals surface area (Å²) in [6, 6.07) is 10.9. The first kappa shape index (κ1) is 15.3. The average Bonchev–Trinajstić information content (AvgIpc) is 3.53. The molecule has 0 radical (unpaired) electrons. The number of fused-ring (bicyclic) bond motifs is 2. The Morgan fingerprint density at radius 2 is 1.67 bits per heavy atom. The first-order chi connectivity index (χ1) is 11.7. The van der Waals surface area contributed by atoms with Crippen molar-refractivity contribution in [3.05, 3.63) is 35.9 Å². The minimum Gasteiger partial charge on any atom is -0.375 e. The molecule has 2 aliphatic carbocycles. The molecule has 1 aromatic carbocycles. The minimum absolute atomic E-state index is 0.0220. The topological polar surface area (TPSA) is 43.5 Å². The Balaban J connectivity index is 1.39. The molecule has 0 N–H and O–H groups in total. The molecule has 1 aromatic rings. The van der Waals surface area contributed by atoms with Crippen LogP contribution in [0.3, 0.4) is 0 Å². The normalized spacial score (nSPS) is 45.5. The second-order valence-electron chi connectivity index (χ2n) is 8.02. The van der Waals surface area contributed by atoms with E-state index in [9.17, 15) is 0 Å².